The van der Waals surface area contributed by atoms with Crippen LogP contribution in [0.4, 0.5) is 4.79 Å². The topological polar surface area (TPSA) is 87.2 Å². The normalized spacial score (nSPS) is 23.2. The third-order valence-electron chi connectivity index (χ3n) is 4.32. The summed E-state index contributed by atoms with van der Waals surface area (Å²) in [6.45, 7) is 2.24. The Balaban J connectivity index is 1.80. The molecule has 0 bridgehead atoms. The van der Waals surface area contributed by atoms with E-state index in [9.17, 15) is 14.4 Å². The highest BCUT2D eigenvalue weighted by atomic mass is 16.5. The van der Waals surface area contributed by atoms with Crippen molar-refractivity contribution >= 4 is 18.0 Å². The molecule has 0 spiro atoms. The first kappa shape index (κ1) is 15.6. The Morgan fingerprint density at radius 1 is 1.10 bits per heavy atom. The Morgan fingerprint density at radius 3 is 2.29 bits per heavy atom. The summed E-state index contributed by atoms with van der Waals surface area (Å²) in [5, 5.41) is 8.79. The van der Waals surface area contributed by atoms with Gasteiger partial charge in [0, 0.05) is 32.6 Å². The van der Waals surface area contributed by atoms with E-state index in [1.165, 1.54) is 7.11 Å². The number of carboxylic acid groups (broad SMARTS) is 1. The van der Waals surface area contributed by atoms with Crippen LogP contribution in [-0.4, -0.2) is 66.2 Å². The summed E-state index contributed by atoms with van der Waals surface area (Å²) < 4.78 is 4.73. The van der Waals surface area contributed by atoms with Crippen LogP contribution in [0.25, 0.3) is 0 Å². The molecule has 1 unspecified atom stereocenters. The number of aliphatic carboxylic acids is 1. The first-order valence-corrected chi connectivity index (χ1v) is 7.34. The number of urea groups is 1. The maximum Gasteiger partial charge on any atom is 0.320 e. The molecule has 0 aromatic carbocycles. The van der Waals surface area contributed by atoms with E-state index < -0.39 is 5.97 Å². The number of rotatable bonds is 3. The van der Waals surface area contributed by atoms with Crippen molar-refractivity contribution in [1.29, 1.82) is 0 Å². The van der Waals surface area contributed by atoms with E-state index in [4.69, 9.17) is 9.84 Å². The average molecular weight is 298 g/mol. The number of hydrogen-bond acceptors (Lipinski definition) is 4. The molecule has 1 atom stereocenters. The number of carbonyl (C=O) groups is 3. The van der Waals surface area contributed by atoms with Crippen molar-refractivity contribution in [1.82, 2.24) is 9.80 Å². The molecule has 0 aromatic rings. The van der Waals surface area contributed by atoms with E-state index in [2.05, 4.69) is 0 Å². The predicted octanol–water partition coefficient (Wildman–Crippen LogP) is 0.788. The third-order valence-corrected chi connectivity index (χ3v) is 4.32. The molecule has 21 heavy (non-hydrogen) atoms. The van der Waals surface area contributed by atoms with Crippen LogP contribution in [0.3, 0.4) is 0 Å². The van der Waals surface area contributed by atoms with Gasteiger partial charge in [-0.2, -0.15) is 0 Å². The number of likely N-dealkylation sites (tertiary alicyclic amines) is 2. The zero-order chi connectivity index (χ0) is 15.4. The second kappa shape index (κ2) is 6.78. The van der Waals surface area contributed by atoms with Crippen LogP contribution in [0.5, 0.6) is 0 Å². The fourth-order valence-electron chi connectivity index (χ4n) is 3.09. The Kier molecular flexibility index (Phi) is 5.03. The van der Waals surface area contributed by atoms with Crippen molar-refractivity contribution < 1.29 is 24.2 Å². The number of piperidine rings is 1. The van der Waals surface area contributed by atoms with Crippen LogP contribution in [0, 0.1) is 11.8 Å². The molecule has 0 aromatic heterocycles. The van der Waals surface area contributed by atoms with Gasteiger partial charge in [0.1, 0.15) is 0 Å². The van der Waals surface area contributed by atoms with E-state index in [0.717, 1.165) is 6.42 Å². The van der Waals surface area contributed by atoms with Gasteiger partial charge in [-0.1, -0.05) is 0 Å². The maximum atomic E-state index is 12.4. The molecular weight excluding hydrogens is 276 g/mol. The molecule has 7 heteroatoms. The van der Waals surface area contributed by atoms with Gasteiger partial charge in [0.05, 0.1) is 13.0 Å². The minimum Gasteiger partial charge on any atom is -0.481 e. The zero-order valence-electron chi connectivity index (χ0n) is 12.3. The number of ether oxygens (including phenoxy) is 1. The molecule has 0 aliphatic carbocycles. The van der Waals surface area contributed by atoms with Crippen molar-refractivity contribution in [3.63, 3.8) is 0 Å². The predicted molar refractivity (Wildman–Crippen MR) is 73.6 cm³/mol. The molecule has 118 valence electrons. The lowest BCUT2D eigenvalue weighted by molar-refractivity contribution is -0.146. The van der Waals surface area contributed by atoms with Gasteiger partial charge in [0.25, 0.3) is 0 Å². The molecule has 2 saturated heterocycles. The minimum absolute atomic E-state index is 0.0359. The summed E-state index contributed by atoms with van der Waals surface area (Å²) in [5.41, 5.74) is 0. The van der Waals surface area contributed by atoms with E-state index in [1.54, 1.807) is 9.80 Å². The second-order valence-corrected chi connectivity index (χ2v) is 5.77. The number of carbonyl (C=O) groups excluding carboxylic acids is 2. The van der Waals surface area contributed by atoms with Crippen molar-refractivity contribution in [2.24, 2.45) is 11.8 Å². The zero-order valence-corrected chi connectivity index (χ0v) is 12.3. The Labute approximate surface area is 123 Å². The van der Waals surface area contributed by atoms with Crippen LogP contribution >= 0.6 is 0 Å². The standard InChI is InChI=1S/C14H22N2O5/c1-21-13(19)11-3-6-15(7-4-11)14(20)16-5-2-10(9-16)8-12(17)18/h10-11H,2-9H2,1H3,(H,17,18). The van der Waals surface area contributed by atoms with Crippen LogP contribution in [-0.2, 0) is 14.3 Å². The molecule has 2 aliphatic rings. The molecule has 2 fully saturated rings. The van der Waals surface area contributed by atoms with Gasteiger partial charge in [-0.25, -0.2) is 4.79 Å². The van der Waals surface area contributed by atoms with Gasteiger partial charge >= 0.3 is 18.0 Å². The van der Waals surface area contributed by atoms with Crippen LogP contribution in [0.15, 0.2) is 0 Å². The van der Waals surface area contributed by atoms with Crippen molar-refractivity contribution in [3.05, 3.63) is 0 Å². The molecule has 0 radical (unpaired) electrons. The summed E-state index contributed by atoms with van der Waals surface area (Å²) in [7, 11) is 1.38. The van der Waals surface area contributed by atoms with Crippen molar-refractivity contribution in [3.8, 4) is 0 Å². The molecule has 7 nitrogen and oxygen atoms in total. The Hall–Kier alpha value is -1.79. The third kappa shape index (κ3) is 3.86. The Bertz CT molecular complexity index is 418. The fourth-order valence-corrected chi connectivity index (χ4v) is 3.09. The smallest absolute Gasteiger partial charge is 0.320 e. The number of carboxylic acids is 1. The molecule has 2 aliphatic heterocycles. The second-order valence-electron chi connectivity index (χ2n) is 5.77. The van der Waals surface area contributed by atoms with Gasteiger partial charge in [0.15, 0.2) is 0 Å². The summed E-state index contributed by atoms with van der Waals surface area (Å²) in [4.78, 5) is 38.0. The monoisotopic (exact) mass is 298 g/mol. The number of methoxy groups -OCH3 is 1. The highest BCUT2D eigenvalue weighted by Gasteiger charge is 2.33. The lowest BCUT2D eigenvalue weighted by atomic mass is 9.97. The summed E-state index contributed by atoms with van der Waals surface area (Å²) in [6.07, 6.45) is 2.13. The molecule has 1 N–H and O–H groups in total. The number of nitrogens with zero attached hydrogens (tertiary/aromatic N) is 2. The minimum atomic E-state index is -0.812. The summed E-state index contributed by atoms with van der Waals surface area (Å²) in [5.74, 6) is -1.07. The van der Waals surface area contributed by atoms with Crippen LogP contribution in [0.2, 0.25) is 0 Å². The highest BCUT2D eigenvalue weighted by molar-refractivity contribution is 5.76. The van der Waals surface area contributed by atoms with E-state index in [1.807, 2.05) is 0 Å². The van der Waals surface area contributed by atoms with Crippen LogP contribution < -0.4 is 0 Å². The maximum absolute atomic E-state index is 12.4. The van der Waals surface area contributed by atoms with Crippen molar-refractivity contribution in [2.75, 3.05) is 33.3 Å². The molecule has 2 heterocycles. The van der Waals surface area contributed by atoms with Gasteiger partial charge in [-0.15, -0.1) is 0 Å². The lowest BCUT2D eigenvalue weighted by Crippen LogP contribution is -2.46. The first-order valence-electron chi connectivity index (χ1n) is 7.34. The summed E-state index contributed by atoms with van der Waals surface area (Å²) >= 11 is 0. The van der Waals surface area contributed by atoms with E-state index >= 15 is 0 Å². The Morgan fingerprint density at radius 2 is 1.71 bits per heavy atom. The average Bonchev–Trinajstić information content (AvgIpc) is 2.93. The van der Waals surface area contributed by atoms with Gasteiger partial charge in [-0.05, 0) is 25.2 Å². The highest BCUT2D eigenvalue weighted by Crippen LogP contribution is 2.24. The van der Waals surface area contributed by atoms with Crippen LogP contribution in [0.1, 0.15) is 25.7 Å². The van der Waals surface area contributed by atoms with E-state index in [0.29, 0.717) is 39.0 Å². The largest absolute Gasteiger partial charge is 0.481 e. The molecule has 2 amide bonds. The van der Waals surface area contributed by atoms with Gasteiger partial charge in [-0.3, -0.25) is 9.59 Å². The van der Waals surface area contributed by atoms with Crippen molar-refractivity contribution in [2.45, 2.75) is 25.7 Å². The SMILES string of the molecule is COC(=O)C1CCN(C(=O)N2CCC(CC(=O)O)C2)CC1. The fraction of sp³-hybridized carbons (Fsp3) is 0.786. The number of hydrogen-bond donors (Lipinski definition) is 1. The quantitative estimate of drug-likeness (QED) is 0.778. The first-order chi connectivity index (χ1) is 10.0. The van der Waals surface area contributed by atoms with Gasteiger partial charge in [0.2, 0.25) is 0 Å². The van der Waals surface area contributed by atoms with E-state index in [-0.39, 0.29) is 30.3 Å². The summed E-state index contributed by atoms with van der Waals surface area (Å²) in [6, 6.07) is -0.0359. The number of amides is 2. The lowest BCUT2D eigenvalue weighted by Gasteiger charge is -2.33. The van der Waals surface area contributed by atoms with Gasteiger partial charge < -0.3 is 19.6 Å². The molecular formula is C14H22N2O5. The molecule has 2 rings (SSSR count). The number of esters is 1. The molecule has 0 saturated carbocycles.